The lowest BCUT2D eigenvalue weighted by Gasteiger charge is -2.29. The SMILES string of the molecule is CCCCc1ccc(C=Cc2ccc(-c3ccc(C4CCC(CCC)CC4)c(F)c3F)cc2)c(F)c1F. The van der Waals surface area contributed by atoms with Crippen molar-refractivity contribution in [1.29, 1.82) is 0 Å². The van der Waals surface area contributed by atoms with Crippen LogP contribution in [0.15, 0.2) is 48.5 Å². The van der Waals surface area contributed by atoms with Crippen molar-refractivity contribution in [1.82, 2.24) is 0 Å². The average Bonchev–Trinajstić information content (AvgIpc) is 2.92. The maximum atomic E-state index is 15.1. The van der Waals surface area contributed by atoms with E-state index in [9.17, 15) is 8.78 Å². The van der Waals surface area contributed by atoms with Crippen LogP contribution < -0.4 is 0 Å². The molecule has 4 heteroatoms. The molecular formula is C33H36F4. The van der Waals surface area contributed by atoms with E-state index in [4.69, 9.17) is 0 Å². The first-order valence-electron chi connectivity index (χ1n) is 13.7. The highest BCUT2D eigenvalue weighted by molar-refractivity contribution is 5.72. The zero-order valence-electron chi connectivity index (χ0n) is 21.8. The second kappa shape index (κ2) is 12.6. The zero-order valence-corrected chi connectivity index (χ0v) is 21.8. The van der Waals surface area contributed by atoms with Gasteiger partial charge in [-0.2, -0.15) is 0 Å². The molecule has 0 saturated heterocycles. The van der Waals surface area contributed by atoms with Gasteiger partial charge >= 0.3 is 0 Å². The Kier molecular flexibility index (Phi) is 9.23. The Morgan fingerprint density at radius 3 is 2.11 bits per heavy atom. The van der Waals surface area contributed by atoms with Gasteiger partial charge in [0, 0.05) is 11.1 Å². The van der Waals surface area contributed by atoms with Crippen molar-refractivity contribution in [3.63, 3.8) is 0 Å². The van der Waals surface area contributed by atoms with Crippen LogP contribution in [0.2, 0.25) is 0 Å². The van der Waals surface area contributed by atoms with Crippen LogP contribution in [-0.4, -0.2) is 0 Å². The van der Waals surface area contributed by atoms with E-state index in [0.29, 0.717) is 29.0 Å². The van der Waals surface area contributed by atoms with Gasteiger partial charge in [0.15, 0.2) is 23.3 Å². The fraction of sp³-hybridized carbons (Fsp3) is 0.394. The van der Waals surface area contributed by atoms with Crippen LogP contribution in [0.1, 0.15) is 93.4 Å². The van der Waals surface area contributed by atoms with Crippen molar-refractivity contribution in [2.75, 3.05) is 0 Å². The molecule has 0 spiro atoms. The van der Waals surface area contributed by atoms with Crippen LogP contribution in [0.25, 0.3) is 23.3 Å². The summed E-state index contributed by atoms with van der Waals surface area (Å²) < 4.78 is 59.0. The number of aryl methyl sites for hydroxylation is 1. The summed E-state index contributed by atoms with van der Waals surface area (Å²) in [5, 5.41) is 0. The number of hydrogen-bond acceptors (Lipinski definition) is 0. The molecule has 1 aliphatic carbocycles. The van der Waals surface area contributed by atoms with Gasteiger partial charge in [-0.3, -0.25) is 0 Å². The summed E-state index contributed by atoms with van der Waals surface area (Å²) in [5.41, 5.74) is 2.61. The molecule has 0 unspecified atom stereocenters. The predicted molar refractivity (Wildman–Crippen MR) is 145 cm³/mol. The molecule has 1 aliphatic rings. The van der Waals surface area contributed by atoms with Gasteiger partial charge in [0.2, 0.25) is 0 Å². The first-order valence-corrected chi connectivity index (χ1v) is 13.7. The van der Waals surface area contributed by atoms with Crippen LogP contribution in [0, 0.1) is 29.2 Å². The molecule has 3 aromatic rings. The van der Waals surface area contributed by atoms with Crippen LogP contribution in [0.5, 0.6) is 0 Å². The lowest BCUT2D eigenvalue weighted by molar-refractivity contribution is 0.303. The van der Waals surface area contributed by atoms with Crippen molar-refractivity contribution >= 4 is 12.2 Å². The molecule has 4 rings (SSSR count). The molecule has 0 nitrogen and oxygen atoms in total. The van der Waals surface area contributed by atoms with Gasteiger partial charge in [0.1, 0.15) is 0 Å². The Bertz CT molecular complexity index is 1220. The van der Waals surface area contributed by atoms with E-state index in [2.05, 4.69) is 6.92 Å². The third-order valence-electron chi connectivity index (χ3n) is 7.76. The molecule has 0 N–H and O–H groups in total. The summed E-state index contributed by atoms with van der Waals surface area (Å²) in [6, 6.07) is 13.6. The normalized spacial score (nSPS) is 18.0. The molecule has 0 atom stereocenters. The molecule has 3 aromatic carbocycles. The van der Waals surface area contributed by atoms with Gasteiger partial charge < -0.3 is 0 Å². The molecule has 0 radical (unpaired) electrons. The third kappa shape index (κ3) is 6.34. The van der Waals surface area contributed by atoms with E-state index in [1.807, 2.05) is 6.92 Å². The van der Waals surface area contributed by atoms with Crippen molar-refractivity contribution in [2.24, 2.45) is 5.92 Å². The largest absolute Gasteiger partial charge is 0.203 e. The lowest BCUT2D eigenvalue weighted by atomic mass is 9.77. The molecule has 196 valence electrons. The molecule has 1 saturated carbocycles. The number of unbranched alkanes of at least 4 members (excludes halogenated alkanes) is 1. The Morgan fingerprint density at radius 1 is 0.703 bits per heavy atom. The third-order valence-corrected chi connectivity index (χ3v) is 7.76. The summed E-state index contributed by atoms with van der Waals surface area (Å²) in [6.45, 7) is 4.20. The minimum atomic E-state index is -0.849. The van der Waals surface area contributed by atoms with E-state index in [0.717, 1.165) is 44.1 Å². The van der Waals surface area contributed by atoms with Gasteiger partial charge in [0.05, 0.1) is 0 Å². The monoisotopic (exact) mass is 508 g/mol. The standard InChI is InChI=1S/C33H36F4/c1-3-5-7-26-18-19-27(31(35)30(26)34)17-12-23-10-15-25(16-11-23)29-21-20-28(32(36)33(29)37)24-13-8-22(6-4-2)9-14-24/h10-12,15-22,24H,3-9,13-14H2,1-2H3. The fourth-order valence-electron chi connectivity index (χ4n) is 5.53. The van der Waals surface area contributed by atoms with Gasteiger partial charge in [0.25, 0.3) is 0 Å². The number of hydrogen-bond donors (Lipinski definition) is 0. The predicted octanol–water partition coefficient (Wildman–Crippen LogP) is 10.5. The summed E-state index contributed by atoms with van der Waals surface area (Å²) in [6.07, 6.45) is 11.8. The Hall–Kier alpha value is -2.88. The van der Waals surface area contributed by atoms with Crippen molar-refractivity contribution in [2.45, 2.75) is 77.6 Å². The topological polar surface area (TPSA) is 0 Å². The summed E-state index contributed by atoms with van der Waals surface area (Å²) >= 11 is 0. The smallest absolute Gasteiger partial charge is 0.166 e. The average molecular weight is 509 g/mol. The number of benzene rings is 3. The van der Waals surface area contributed by atoms with E-state index in [1.54, 1.807) is 54.6 Å². The molecule has 0 bridgehead atoms. The van der Waals surface area contributed by atoms with Crippen molar-refractivity contribution < 1.29 is 17.6 Å². The van der Waals surface area contributed by atoms with E-state index in [1.165, 1.54) is 18.9 Å². The van der Waals surface area contributed by atoms with Crippen LogP contribution >= 0.6 is 0 Å². The highest BCUT2D eigenvalue weighted by Gasteiger charge is 2.26. The number of halogens is 4. The van der Waals surface area contributed by atoms with Crippen molar-refractivity contribution in [3.8, 4) is 11.1 Å². The minimum absolute atomic E-state index is 0.0788. The highest BCUT2D eigenvalue weighted by Crippen LogP contribution is 2.40. The molecule has 0 aliphatic heterocycles. The van der Waals surface area contributed by atoms with Crippen molar-refractivity contribution in [3.05, 3.63) is 94.1 Å². The second-order valence-corrected chi connectivity index (χ2v) is 10.3. The molecule has 37 heavy (non-hydrogen) atoms. The molecule has 0 aromatic heterocycles. The highest BCUT2D eigenvalue weighted by atomic mass is 19.2. The van der Waals surface area contributed by atoms with Gasteiger partial charge in [-0.25, -0.2) is 17.6 Å². The minimum Gasteiger partial charge on any atom is -0.203 e. The van der Waals surface area contributed by atoms with Crippen LogP contribution in [0.4, 0.5) is 17.6 Å². The first-order chi connectivity index (χ1) is 17.9. The molecular weight excluding hydrogens is 472 g/mol. The quantitative estimate of drug-likeness (QED) is 0.199. The Labute approximate surface area is 218 Å². The van der Waals surface area contributed by atoms with Gasteiger partial charge in [-0.05, 0) is 72.6 Å². The van der Waals surface area contributed by atoms with Crippen LogP contribution in [0.3, 0.4) is 0 Å². The summed E-state index contributed by atoms with van der Waals surface area (Å²) in [4.78, 5) is 0. The summed E-state index contributed by atoms with van der Waals surface area (Å²) in [5.74, 6) is -2.40. The second-order valence-electron chi connectivity index (χ2n) is 10.3. The first kappa shape index (κ1) is 27.2. The summed E-state index contributed by atoms with van der Waals surface area (Å²) in [7, 11) is 0. The molecule has 0 amide bonds. The van der Waals surface area contributed by atoms with E-state index in [-0.39, 0.29) is 17.0 Å². The maximum Gasteiger partial charge on any atom is 0.166 e. The van der Waals surface area contributed by atoms with E-state index < -0.39 is 23.3 Å². The van der Waals surface area contributed by atoms with Crippen LogP contribution in [-0.2, 0) is 6.42 Å². The molecule has 1 fully saturated rings. The zero-order chi connectivity index (χ0) is 26.4. The maximum absolute atomic E-state index is 15.1. The van der Waals surface area contributed by atoms with E-state index >= 15 is 8.78 Å². The lowest BCUT2D eigenvalue weighted by Crippen LogP contribution is -2.14. The fourth-order valence-corrected chi connectivity index (χ4v) is 5.53. The number of rotatable bonds is 9. The van der Waals surface area contributed by atoms with Gasteiger partial charge in [-0.1, -0.05) is 93.8 Å². The van der Waals surface area contributed by atoms with Gasteiger partial charge in [-0.15, -0.1) is 0 Å². The Balaban J connectivity index is 1.47. The molecule has 0 heterocycles. The Morgan fingerprint density at radius 2 is 1.43 bits per heavy atom.